The van der Waals surface area contributed by atoms with Gasteiger partial charge in [0.1, 0.15) is 0 Å². The fourth-order valence-electron chi connectivity index (χ4n) is 10.2. The van der Waals surface area contributed by atoms with E-state index in [4.69, 9.17) is 15.0 Å². The van der Waals surface area contributed by atoms with E-state index in [1.54, 1.807) is 11.3 Å². The number of aromatic nitrogens is 4. The summed E-state index contributed by atoms with van der Waals surface area (Å²) < 4.78 is 4.96. The molecule has 14 aromatic rings. The molecule has 306 valence electrons. The lowest BCUT2D eigenvalue weighted by Crippen LogP contribution is -2.02. The van der Waals surface area contributed by atoms with Gasteiger partial charge in [0.2, 0.25) is 0 Å². The van der Waals surface area contributed by atoms with Crippen molar-refractivity contribution in [1.82, 2.24) is 19.5 Å². The first kappa shape index (κ1) is 36.9. The van der Waals surface area contributed by atoms with Gasteiger partial charge in [0.25, 0.3) is 0 Å². The van der Waals surface area contributed by atoms with Gasteiger partial charge in [-0.15, -0.1) is 11.3 Å². The maximum Gasteiger partial charge on any atom is 0.164 e. The van der Waals surface area contributed by atoms with Crippen LogP contribution in [0, 0.1) is 0 Å². The van der Waals surface area contributed by atoms with Crippen LogP contribution in [-0.4, -0.2) is 19.5 Å². The summed E-state index contributed by atoms with van der Waals surface area (Å²) in [6, 6.07) is 79.0. The first-order valence-corrected chi connectivity index (χ1v) is 23.1. The van der Waals surface area contributed by atoms with Crippen LogP contribution in [0.15, 0.2) is 218 Å². The quantitative estimate of drug-likeness (QED) is 0.173. The van der Waals surface area contributed by atoms with E-state index in [1.807, 2.05) is 18.2 Å². The molecule has 0 spiro atoms. The van der Waals surface area contributed by atoms with Crippen molar-refractivity contribution in [2.75, 3.05) is 0 Å². The number of rotatable bonds is 5. The Morgan fingerprint density at radius 3 is 1.59 bits per heavy atom. The van der Waals surface area contributed by atoms with Crippen molar-refractivity contribution in [3.8, 4) is 51.0 Å². The average molecular weight is 857 g/mol. The number of nitrogens with zero attached hydrogens (tertiary/aromatic N) is 4. The Hall–Kier alpha value is -8.51. The molecular weight excluding hydrogens is 821 g/mol. The number of fused-ring (bicyclic) bond motifs is 10. The van der Waals surface area contributed by atoms with Crippen LogP contribution in [0.1, 0.15) is 0 Å². The summed E-state index contributed by atoms with van der Waals surface area (Å²) in [5.74, 6) is 1.91. The monoisotopic (exact) mass is 856 g/mol. The molecule has 0 unspecified atom stereocenters. The van der Waals surface area contributed by atoms with Gasteiger partial charge in [0.15, 0.2) is 17.5 Å². The SMILES string of the molecule is c1ccc(-c2nc(-c3ccc4c(c3)sc3ccccc34)nc(-c3ccc(-n4c5cc6ccccc6cc5c5cc6ccccc6cc54)c4cc(-c5cccc6ccccc56)ccc34)n2)cc1. The number of hydrogen-bond donors (Lipinski definition) is 0. The van der Waals surface area contributed by atoms with Gasteiger partial charge in [-0.3, -0.25) is 0 Å². The first-order chi connectivity index (χ1) is 32.7. The molecule has 3 aromatic heterocycles. The Balaban J connectivity index is 1.06. The minimum absolute atomic E-state index is 0.629. The van der Waals surface area contributed by atoms with Crippen LogP contribution < -0.4 is 0 Å². The molecule has 0 amide bonds. The topological polar surface area (TPSA) is 43.6 Å². The zero-order valence-corrected chi connectivity index (χ0v) is 36.3. The number of thiophene rings is 1. The third-order valence-electron chi connectivity index (χ3n) is 13.4. The molecular formula is C61H36N4S. The summed E-state index contributed by atoms with van der Waals surface area (Å²) in [7, 11) is 0. The van der Waals surface area contributed by atoms with Crippen LogP contribution in [0.3, 0.4) is 0 Å². The predicted octanol–water partition coefficient (Wildman–Crippen LogP) is 16.6. The second-order valence-electron chi connectivity index (χ2n) is 17.2. The molecule has 0 bridgehead atoms. The van der Waals surface area contributed by atoms with Crippen molar-refractivity contribution in [2.24, 2.45) is 0 Å². The van der Waals surface area contributed by atoms with Crippen molar-refractivity contribution in [1.29, 1.82) is 0 Å². The van der Waals surface area contributed by atoms with Gasteiger partial charge in [-0.2, -0.15) is 0 Å². The lowest BCUT2D eigenvalue weighted by atomic mass is 9.94. The second kappa shape index (κ2) is 14.5. The fraction of sp³-hybridized carbons (Fsp3) is 0. The minimum Gasteiger partial charge on any atom is -0.309 e. The molecule has 0 saturated carbocycles. The molecule has 0 aliphatic carbocycles. The van der Waals surface area contributed by atoms with Crippen LogP contribution >= 0.6 is 11.3 Å². The summed E-state index contributed by atoms with van der Waals surface area (Å²) in [5.41, 5.74) is 8.59. The molecule has 0 atom stereocenters. The van der Waals surface area contributed by atoms with Gasteiger partial charge in [0, 0.05) is 53.0 Å². The fourth-order valence-corrected chi connectivity index (χ4v) is 11.4. The first-order valence-electron chi connectivity index (χ1n) is 22.3. The largest absolute Gasteiger partial charge is 0.309 e. The van der Waals surface area contributed by atoms with Gasteiger partial charge < -0.3 is 4.57 Å². The van der Waals surface area contributed by atoms with Gasteiger partial charge >= 0.3 is 0 Å². The normalized spacial score (nSPS) is 11.9. The van der Waals surface area contributed by atoms with Crippen molar-refractivity contribution in [3.63, 3.8) is 0 Å². The van der Waals surface area contributed by atoms with Gasteiger partial charge in [-0.25, -0.2) is 15.0 Å². The second-order valence-corrected chi connectivity index (χ2v) is 18.3. The lowest BCUT2D eigenvalue weighted by molar-refractivity contribution is 1.08. The maximum absolute atomic E-state index is 5.37. The molecule has 0 radical (unpaired) electrons. The van der Waals surface area contributed by atoms with Crippen molar-refractivity contribution in [2.45, 2.75) is 0 Å². The maximum atomic E-state index is 5.37. The van der Waals surface area contributed by atoms with E-state index < -0.39 is 0 Å². The van der Waals surface area contributed by atoms with Crippen molar-refractivity contribution < 1.29 is 0 Å². The summed E-state index contributed by atoms with van der Waals surface area (Å²) >= 11 is 1.80. The Bertz CT molecular complexity index is 4200. The third kappa shape index (κ3) is 5.80. The number of hydrogen-bond acceptors (Lipinski definition) is 4. The van der Waals surface area contributed by atoms with Crippen LogP contribution in [0.25, 0.3) is 136 Å². The van der Waals surface area contributed by atoms with E-state index in [-0.39, 0.29) is 0 Å². The molecule has 0 aliphatic rings. The van der Waals surface area contributed by atoms with E-state index in [0.717, 1.165) is 49.7 Å². The molecule has 5 heteroatoms. The summed E-state index contributed by atoms with van der Waals surface area (Å²) in [6.45, 7) is 0. The van der Waals surface area contributed by atoms with Crippen molar-refractivity contribution in [3.05, 3.63) is 218 Å². The average Bonchev–Trinajstić information content (AvgIpc) is 3.90. The third-order valence-corrected chi connectivity index (χ3v) is 14.5. The van der Waals surface area contributed by atoms with Crippen LogP contribution in [0.5, 0.6) is 0 Å². The molecule has 11 aromatic carbocycles. The molecule has 0 saturated heterocycles. The van der Waals surface area contributed by atoms with E-state index in [9.17, 15) is 0 Å². The zero-order chi connectivity index (χ0) is 43.3. The van der Waals surface area contributed by atoms with Crippen LogP contribution in [0.4, 0.5) is 0 Å². The van der Waals surface area contributed by atoms with Gasteiger partial charge in [-0.05, 0) is 103 Å². The smallest absolute Gasteiger partial charge is 0.164 e. The van der Waals surface area contributed by atoms with E-state index in [2.05, 4.69) is 205 Å². The molecule has 66 heavy (non-hydrogen) atoms. The molecule has 3 heterocycles. The van der Waals surface area contributed by atoms with Crippen LogP contribution in [0.2, 0.25) is 0 Å². The standard InChI is InChI=1S/C61H36N4S/c1-2-14-38(15-3-1)59-62-60(44-26-28-49-48-22-10-11-24-57(48)66-58(49)36-44)64-61(63-59)50-29-30-54(51-33-43(25-27-47(50)51)46-23-12-20-37-13-8-9-21-45(37)46)65-55-34-41-18-6-4-16-39(41)31-52(55)53-32-40-17-5-7-19-42(40)35-56(53)65/h1-36H. The highest BCUT2D eigenvalue weighted by molar-refractivity contribution is 7.25. The highest BCUT2D eigenvalue weighted by atomic mass is 32.1. The Morgan fingerprint density at radius 2 is 0.848 bits per heavy atom. The Morgan fingerprint density at radius 1 is 0.288 bits per heavy atom. The summed E-state index contributed by atoms with van der Waals surface area (Å²) in [4.78, 5) is 15.8. The number of benzene rings is 11. The Kier molecular flexibility index (Phi) is 8.12. The van der Waals surface area contributed by atoms with E-state index >= 15 is 0 Å². The minimum atomic E-state index is 0.629. The molecule has 14 rings (SSSR count). The molecule has 0 aliphatic heterocycles. The molecule has 0 N–H and O–H groups in total. The zero-order valence-electron chi connectivity index (χ0n) is 35.5. The Labute approximate surface area is 383 Å². The molecule has 4 nitrogen and oxygen atoms in total. The van der Waals surface area contributed by atoms with E-state index in [1.165, 1.54) is 68.8 Å². The van der Waals surface area contributed by atoms with Gasteiger partial charge in [0.05, 0.1) is 16.7 Å². The molecule has 0 fully saturated rings. The highest BCUT2D eigenvalue weighted by Gasteiger charge is 2.21. The summed E-state index contributed by atoms with van der Waals surface area (Å²) in [6.07, 6.45) is 0. The van der Waals surface area contributed by atoms with Crippen molar-refractivity contribution >= 4 is 96.4 Å². The van der Waals surface area contributed by atoms with E-state index in [0.29, 0.717) is 17.5 Å². The van der Waals surface area contributed by atoms with Crippen LogP contribution in [-0.2, 0) is 0 Å². The lowest BCUT2D eigenvalue weighted by Gasteiger charge is -2.17. The van der Waals surface area contributed by atoms with Gasteiger partial charge in [-0.1, -0.05) is 164 Å². The summed E-state index contributed by atoms with van der Waals surface area (Å²) in [5, 5.41) is 14.4. The predicted molar refractivity (Wildman–Crippen MR) is 279 cm³/mol. The highest BCUT2D eigenvalue weighted by Crippen LogP contribution is 2.43.